The number of carbonyl (C=O) groups excluding carboxylic acids is 1. The minimum Gasteiger partial charge on any atom is -0.324 e. The summed E-state index contributed by atoms with van der Waals surface area (Å²) in [5.74, 6) is -0.127. The first-order valence-corrected chi connectivity index (χ1v) is 12.3. The SMILES string of the molecule is CC(C)c1ccccc1NC(=O)[C@@H]1Cc2ccccc2CN1S(=O)(=O)c1ccc(Cl)cc1. The molecule has 0 saturated carbocycles. The standard InChI is InChI=1S/C25H25ClN2O3S/c1-17(2)22-9-5-6-10-23(22)27-25(29)24-15-18-7-3-4-8-19(18)16-28(24)32(30,31)21-13-11-20(26)12-14-21/h3-14,17,24H,15-16H2,1-2H3,(H,27,29)/t24-/m0/s1. The maximum Gasteiger partial charge on any atom is 0.244 e. The molecule has 7 heteroatoms. The number of sulfonamides is 1. The van der Waals surface area contributed by atoms with Gasteiger partial charge in [-0.2, -0.15) is 4.31 Å². The summed E-state index contributed by atoms with van der Waals surface area (Å²) in [6.07, 6.45) is 0.304. The van der Waals surface area contributed by atoms with E-state index in [4.69, 9.17) is 11.6 Å². The first-order valence-electron chi connectivity index (χ1n) is 10.5. The summed E-state index contributed by atoms with van der Waals surface area (Å²) in [4.78, 5) is 13.6. The molecule has 1 atom stereocenters. The number of fused-ring (bicyclic) bond motifs is 1. The normalized spacial score (nSPS) is 16.6. The minimum atomic E-state index is -3.92. The number of nitrogens with one attached hydrogen (secondary N) is 1. The van der Waals surface area contributed by atoms with Crippen molar-refractivity contribution in [1.82, 2.24) is 4.31 Å². The van der Waals surface area contributed by atoms with Crippen LogP contribution in [-0.4, -0.2) is 24.7 Å². The summed E-state index contributed by atoms with van der Waals surface area (Å²) < 4.78 is 28.4. The highest BCUT2D eigenvalue weighted by Gasteiger charge is 2.39. The molecule has 0 radical (unpaired) electrons. The predicted octanol–water partition coefficient (Wildman–Crippen LogP) is 5.22. The molecule has 166 valence electrons. The van der Waals surface area contributed by atoms with E-state index in [-0.39, 0.29) is 23.3 Å². The van der Waals surface area contributed by atoms with Gasteiger partial charge in [0.2, 0.25) is 15.9 Å². The van der Waals surface area contributed by atoms with Gasteiger partial charge in [0, 0.05) is 17.3 Å². The zero-order valence-electron chi connectivity index (χ0n) is 18.0. The van der Waals surface area contributed by atoms with E-state index in [1.54, 1.807) is 12.1 Å². The Kier molecular flexibility index (Phi) is 6.38. The fraction of sp³-hybridized carbons (Fsp3) is 0.240. The van der Waals surface area contributed by atoms with Crippen LogP contribution in [0.25, 0.3) is 0 Å². The number of para-hydroxylation sites is 1. The van der Waals surface area contributed by atoms with Crippen molar-refractivity contribution in [1.29, 1.82) is 0 Å². The fourth-order valence-corrected chi connectivity index (χ4v) is 5.74. The lowest BCUT2D eigenvalue weighted by Crippen LogP contribution is -2.50. The van der Waals surface area contributed by atoms with Crippen LogP contribution in [0.5, 0.6) is 0 Å². The third-order valence-electron chi connectivity index (χ3n) is 5.77. The van der Waals surface area contributed by atoms with Gasteiger partial charge in [0.05, 0.1) is 4.90 Å². The molecule has 0 unspecified atom stereocenters. The molecular formula is C25H25ClN2O3S. The van der Waals surface area contributed by atoms with Gasteiger partial charge in [0.25, 0.3) is 0 Å². The van der Waals surface area contributed by atoms with Crippen LogP contribution in [0.2, 0.25) is 5.02 Å². The van der Waals surface area contributed by atoms with Gasteiger partial charge >= 0.3 is 0 Å². The van der Waals surface area contributed by atoms with E-state index in [2.05, 4.69) is 19.2 Å². The Morgan fingerprint density at radius 2 is 1.59 bits per heavy atom. The predicted molar refractivity (Wildman–Crippen MR) is 127 cm³/mol. The number of hydrogen-bond acceptors (Lipinski definition) is 3. The highest BCUT2D eigenvalue weighted by Crippen LogP contribution is 2.31. The molecule has 1 aliphatic rings. The monoisotopic (exact) mass is 468 g/mol. The molecule has 0 aliphatic carbocycles. The second kappa shape index (κ2) is 9.06. The molecule has 3 aromatic carbocycles. The quantitative estimate of drug-likeness (QED) is 0.558. The van der Waals surface area contributed by atoms with E-state index in [1.807, 2.05) is 48.5 Å². The molecule has 3 aromatic rings. The van der Waals surface area contributed by atoms with Crippen LogP contribution >= 0.6 is 11.6 Å². The molecule has 1 heterocycles. The zero-order chi connectivity index (χ0) is 22.9. The lowest BCUT2D eigenvalue weighted by molar-refractivity contribution is -0.120. The maximum absolute atomic E-state index is 13.6. The van der Waals surface area contributed by atoms with Crippen LogP contribution < -0.4 is 5.32 Å². The van der Waals surface area contributed by atoms with Crippen molar-refractivity contribution < 1.29 is 13.2 Å². The molecule has 0 fully saturated rings. The average molecular weight is 469 g/mol. The van der Waals surface area contributed by atoms with Gasteiger partial charge in [0.15, 0.2) is 0 Å². The Bertz CT molecular complexity index is 1240. The number of hydrogen-bond donors (Lipinski definition) is 1. The number of anilines is 1. The van der Waals surface area contributed by atoms with Gasteiger partial charge in [0.1, 0.15) is 6.04 Å². The largest absolute Gasteiger partial charge is 0.324 e. The van der Waals surface area contributed by atoms with E-state index in [1.165, 1.54) is 16.4 Å². The van der Waals surface area contributed by atoms with Crippen molar-refractivity contribution in [3.63, 3.8) is 0 Å². The number of rotatable bonds is 5. The highest BCUT2D eigenvalue weighted by molar-refractivity contribution is 7.89. The van der Waals surface area contributed by atoms with E-state index in [0.717, 1.165) is 16.7 Å². The smallest absolute Gasteiger partial charge is 0.244 e. The van der Waals surface area contributed by atoms with Gasteiger partial charge < -0.3 is 5.32 Å². The van der Waals surface area contributed by atoms with Crippen molar-refractivity contribution in [2.45, 2.75) is 43.7 Å². The summed E-state index contributed by atoms with van der Waals surface area (Å²) >= 11 is 5.95. The van der Waals surface area contributed by atoms with Gasteiger partial charge in [-0.1, -0.05) is 67.9 Å². The Morgan fingerprint density at radius 3 is 2.28 bits per heavy atom. The van der Waals surface area contributed by atoms with Gasteiger partial charge in [-0.15, -0.1) is 0 Å². The van der Waals surface area contributed by atoms with Crippen molar-refractivity contribution >= 4 is 33.2 Å². The zero-order valence-corrected chi connectivity index (χ0v) is 19.5. The number of carbonyl (C=O) groups is 1. The Labute approximate surface area is 194 Å². The molecular weight excluding hydrogens is 444 g/mol. The topological polar surface area (TPSA) is 66.5 Å². The molecule has 1 aliphatic heterocycles. The molecule has 5 nitrogen and oxygen atoms in total. The molecule has 0 saturated heterocycles. The molecule has 4 rings (SSSR count). The van der Waals surface area contributed by atoms with Crippen molar-refractivity contribution in [2.75, 3.05) is 5.32 Å². The Morgan fingerprint density at radius 1 is 0.969 bits per heavy atom. The fourth-order valence-electron chi connectivity index (χ4n) is 4.05. The molecule has 1 N–H and O–H groups in total. The van der Waals surface area contributed by atoms with Crippen molar-refractivity contribution in [3.8, 4) is 0 Å². The van der Waals surface area contributed by atoms with Crippen molar-refractivity contribution in [2.24, 2.45) is 0 Å². The number of benzene rings is 3. The van der Waals surface area contributed by atoms with Crippen molar-refractivity contribution in [3.05, 3.63) is 94.5 Å². The molecule has 1 amide bonds. The van der Waals surface area contributed by atoms with Crippen LogP contribution in [0.4, 0.5) is 5.69 Å². The third kappa shape index (κ3) is 4.44. The van der Waals surface area contributed by atoms with Gasteiger partial charge in [-0.05, 0) is 59.4 Å². The second-order valence-corrected chi connectivity index (χ2v) is 10.6. The number of nitrogens with zero attached hydrogens (tertiary/aromatic N) is 1. The van der Waals surface area contributed by atoms with E-state index in [9.17, 15) is 13.2 Å². The highest BCUT2D eigenvalue weighted by atomic mass is 35.5. The number of amides is 1. The Balaban J connectivity index is 1.72. The average Bonchev–Trinajstić information content (AvgIpc) is 2.78. The minimum absolute atomic E-state index is 0.113. The summed E-state index contributed by atoms with van der Waals surface area (Å²) in [6, 6.07) is 20.4. The Hall–Kier alpha value is -2.67. The van der Waals surface area contributed by atoms with Crippen LogP contribution in [0.3, 0.4) is 0 Å². The van der Waals surface area contributed by atoms with Crippen LogP contribution in [0.15, 0.2) is 77.7 Å². The first kappa shape index (κ1) is 22.5. The van der Waals surface area contributed by atoms with Crippen LogP contribution in [0, 0.1) is 0 Å². The summed E-state index contributed by atoms with van der Waals surface area (Å²) in [5, 5.41) is 3.44. The summed E-state index contributed by atoms with van der Waals surface area (Å²) in [6.45, 7) is 4.24. The third-order valence-corrected chi connectivity index (χ3v) is 7.89. The molecule has 32 heavy (non-hydrogen) atoms. The molecule has 0 spiro atoms. The van der Waals surface area contributed by atoms with Gasteiger partial charge in [-0.25, -0.2) is 8.42 Å². The lowest BCUT2D eigenvalue weighted by Gasteiger charge is -2.35. The van der Waals surface area contributed by atoms with Crippen LogP contribution in [-0.2, 0) is 27.8 Å². The van der Waals surface area contributed by atoms with E-state index >= 15 is 0 Å². The first-order chi connectivity index (χ1) is 15.3. The number of halogens is 1. The van der Waals surface area contributed by atoms with E-state index < -0.39 is 16.1 Å². The van der Waals surface area contributed by atoms with Gasteiger partial charge in [-0.3, -0.25) is 4.79 Å². The summed E-state index contributed by atoms with van der Waals surface area (Å²) in [7, 11) is -3.92. The maximum atomic E-state index is 13.6. The second-order valence-electron chi connectivity index (χ2n) is 8.22. The van der Waals surface area contributed by atoms with E-state index in [0.29, 0.717) is 17.1 Å². The van der Waals surface area contributed by atoms with Crippen LogP contribution in [0.1, 0.15) is 36.5 Å². The molecule has 0 bridgehead atoms. The molecule has 0 aromatic heterocycles. The summed E-state index contributed by atoms with van der Waals surface area (Å²) in [5.41, 5.74) is 3.59. The lowest BCUT2D eigenvalue weighted by atomic mass is 9.95.